The van der Waals surface area contributed by atoms with E-state index in [1.54, 1.807) is 43.2 Å². The highest BCUT2D eigenvalue weighted by molar-refractivity contribution is 5.96. The van der Waals surface area contributed by atoms with Crippen molar-refractivity contribution in [1.29, 1.82) is 0 Å². The van der Waals surface area contributed by atoms with Gasteiger partial charge in [0.15, 0.2) is 11.5 Å². The minimum Gasteiger partial charge on any atom is -0.470 e. The average Bonchev–Trinajstić information content (AvgIpc) is 3.43. The lowest BCUT2D eigenvalue weighted by molar-refractivity contribution is 0.0827. The highest BCUT2D eigenvalue weighted by Gasteiger charge is 2.34. The van der Waals surface area contributed by atoms with Crippen LogP contribution in [0.15, 0.2) is 57.8 Å². The lowest BCUT2D eigenvalue weighted by Gasteiger charge is -2.26. The number of fused-ring (bicyclic) bond motifs is 3. The summed E-state index contributed by atoms with van der Waals surface area (Å²) < 4.78 is 12.9. The van der Waals surface area contributed by atoms with Crippen molar-refractivity contribution < 1.29 is 14.1 Å². The van der Waals surface area contributed by atoms with E-state index >= 15 is 0 Å². The molecule has 0 fully saturated rings. The van der Waals surface area contributed by atoms with E-state index in [2.05, 4.69) is 31.5 Å². The molecule has 0 radical (unpaired) electrons. The fourth-order valence-electron chi connectivity index (χ4n) is 3.63. The van der Waals surface area contributed by atoms with E-state index in [-0.39, 0.29) is 18.4 Å². The van der Waals surface area contributed by atoms with Crippen LogP contribution in [-0.4, -0.2) is 55.8 Å². The zero-order valence-corrected chi connectivity index (χ0v) is 17.9. The van der Waals surface area contributed by atoms with Crippen LogP contribution in [0.25, 0.3) is 11.5 Å². The number of aryl methyl sites for hydroxylation is 1. The molecule has 4 heterocycles. The summed E-state index contributed by atoms with van der Waals surface area (Å²) in [6.07, 6.45) is 8.37. The first-order valence-corrected chi connectivity index (χ1v) is 10.2. The molecule has 3 aromatic rings. The number of ether oxygens (including phenoxy) is 1. The van der Waals surface area contributed by atoms with Crippen molar-refractivity contribution in [3.63, 3.8) is 0 Å². The summed E-state index contributed by atoms with van der Waals surface area (Å²) in [4.78, 5) is 17.9. The van der Waals surface area contributed by atoms with Gasteiger partial charge >= 0.3 is 0 Å². The lowest BCUT2D eigenvalue weighted by atomic mass is 9.90. The minimum absolute atomic E-state index is 0.0187. The molecular weight excluding hydrogens is 410 g/mol. The van der Waals surface area contributed by atoms with Crippen LogP contribution in [0, 0.1) is 6.92 Å². The molecule has 2 aliphatic rings. The van der Waals surface area contributed by atoms with E-state index in [0.717, 1.165) is 17.8 Å². The van der Waals surface area contributed by atoms with Gasteiger partial charge in [-0.25, -0.2) is 0 Å². The predicted molar refractivity (Wildman–Crippen MR) is 115 cm³/mol. The molecule has 0 N–H and O–H groups in total. The molecule has 10 nitrogen and oxygen atoms in total. The van der Waals surface area contributed by atoms with Gasteiger partial charge in [-0.15, -0.1) is 15.3 Å². The Morgan fingerprint density at radius 3 is 2.91 bits per heavy atom. The summed E-state index contributed by atoms with van der Waals surface area (Å²) in [5.74, 6) is 2.26. The van der Waals surface area contributed by atoms with E-state index in [1.807, 2.05) is 19.1 Å². The molecule has 1 unspecified atom stereocenters. The van der Waals surface area contributed by atoms with Crippen molar-refractivity contribution in [3.05, 3.63) is 71.0 Å². The molecule has 0 bridgehead atoms. The van der Waals surface area contributed by atoms with Crippen LogP contribution >= 0.6 is 0 Å². The fourth-order valence-corrected chi connectivity index (χ4v) is 3.63. The molecule has 1 atom stereocenters. The summed E-state index contributed by atoms with van der Waals surface area (Å²) in [5, 5.41) is 17.4. The van der Waals surface area contributed by atoms with Gasteiger partial charge in [0.2, 0.25) is 11.7 Å². The number of carbonyl (C=O) groups is 1. The number of allylic oxidation sites excluding steroid dienone is 3. The number of nitrogens with zero attached hydrogens (tertiary/aromatic N) is 7. The quantitative estimate of drug-likeness (QED) is 0.624. The van der Waals surface area contributed by atoms with Crippen LogP contribution in [0.5, 0.6) is 0 Å². The first-order valence-electron chi connectivity index (χ1n) is 10.2. The predicted octanol–water partition coefficient (Wildman–Crippen LogP) is 2.70. The highest BCUT2D eigenvalue weighted by atomic mass is 16.5. The fraction of sp³-hybridized carbons (Fsp3) is 0.273. The number of carbonyl (C=O) groups excluding carboxylic acids is 1. The monoisotopic (exact) mass is 431 g/mol. The van der Waals surface area contributed by atoms with Crippen molar-refractivity contribution >= 4 is 11.8 Å². The molecule has 3 aromatic heterocycles. The van der Waals surface area contributed by atoms with E-state index in [1.165, 1.54) is 4.90 Å². The van der Waals surface area contributed by atoms with Crippen LogP contribution in [0.3, 0.4) is 0 Å². The summed E-state index contributed by atoms with van der Waals surface area (Å²) in [7, 11) is 3.41. The first-order chi connectivity index (χ1) is 15.5. The number of amides is 1. The van der Waals surface area contributed by atoms with Crippen LogP contribution in [-0.2, 0) is 11.3 Å². The number of hydrogen-bond donors (Lipinski definition) is 0. The molecule has 1 aliphatic carbocycles. The normalized spacial score (nSPS) is 16.7. The van der Waals surface area contributed by atoms with Crippen molar-refractivity contribution in [1.82, 2.24) is 29.9 Å². The second kappa shape index (κ2) is 7.88. The Kier molecular flexibility index (Phi) is 4.89. The van der Waals surface area contributed by atoms with Gasteiger partial charge in [0, 0.05) is 31.9 Å². The lowest BCUT2D eigenvalue weighted by Crippen LogP contribution is -2.25. The van der Waals surface area contributed by atoms with Crippen LogP contribution in [0.1, 0.15) is 40.0 Å². The zero-order valence-electron chi connectivity index (χ0n) is 17.9. The van der Waals surface area contributed by atoms with Gasteiger partial charge < -0.3 is 14.2 Å². The van der Waals surface area contributed by atoms with Gasteiger partial charge in [0.25, 0.3) is 5.91 Å². The molecular formula is C22H21N7O3. The standard InChI is InChI=1S/C22H21N7O3/c1-13-10-18(27-32-13)20-25-24-19-16-6-4-5-7-17(16)21(26-29(19)20)31-12-15-9-8-14(11-23-15)22(30)28(2)3/h4-5,7-11,16H,6,12H2,1-3H3. The molecule has 32 heavy (non-hydrogen) atoms. The Labute approximate surface area is 183 Å². The van der Waals surface area contributed by atoms with Crippen molar-refractivity contribution in [2.45, 2.75) is 25.9 Å². The minimum atomic E-state index is -0.0978. The largest absolute Gasteiger partial charge is 0.470 e. The van der Waals surface area contributed by atoms with Crippen molar-refractivity contribution in [3.8, 4) is 11.5 Å². The summed E-state index contributed by atoms with van der Waals surface area (Å²) in [6, 6.07) is 5.31. The molecule has 1 aliphatic heterocycles. The Morgan fingerprint density at radius 1 is 1.31 bits per heavy atom. The van der Waals surface area contributed by atoms with Crippen molar-refractivity contribution in [2.24, 2.45) is 5.10 Å². The highest BCUT2D eigenvalue weighted by Crippen LogP contribution is 2.36. The number of hydrogen-bond acceptors (Lipinski definition) is 8. The SMILES string of the molecule is Cc1cc(-c2nnc3n2N=C(OCc2ccc(C(=O)N(C)C)cn2)C2=CC=CCC23)no1. The number of aromatic nitrogens is 5. The van der Waals surface area contributed by atoms with E-state index in [9.17, 15) is 4.79 Å². The number of rotatable bonds is 4. The molecule has 1 amide bonds. The van der Waals surface area contributed by atoms with Gasteiger partial charge in [0.05, 0.1) is 17.2 Å². The smallest absolute Gasteiger partial charge is 0.254 e. The van der Waals surface area contributed by atoms with Crippen LogP contribution in [0.2, 0.25) is 0 Å². The third-order valence-corrected chi connectivity index (χ3v) is 5.27. The second-order valence-corrected chi connectivity index (χ2v) is 7.79. The Hall–Kier alpha value is -4.08. The maximum absolute atomic E-state index is 12.1. The molecule has 10 heteroatoms. The van der Waals surface area contributed by atoms with Crippen LogP contribution < -0.4 is 0 Å². The maximum Gasteiger partial charge on any atom is 0.254 e. The summed E-state index contributed by atoms with van der Waals surface area (Å²) in [5.41, 5.74) is 2.71. The van der Waals surface area contributed by atoms with Gasteiger partial charge in [-0.3, -0.25) is 9.78 Å². The third kappa shape index (κ3) is 3.49. The maximum atomic E-state index is 12.1. The Bertz CT molecular complexity index is 1260. The molecule has 162 valence electrons. The first kappa shape index (κ1) is 19.9. The van der Waals surface area contributed by atoms with Gasteiger partial charge in [-0.05, 0) is 25.5 Å². The number of pyridine rings is 1. The Balaban J connectivity index is 1.43. The average molecular weight is 431 g/mol. The van der Waals surface area contributed by atoms with Gasteiger partial charge in [-0.2, -0.15) is 4.68 Å². The topological polar surface area (TPSA) is 112 Å². The Morgan fingerprint density at radius 2 is 2.19 bits per heavy atom. The second-order valence-electron chi connectivity index (χ2n) is 7.79. The van der Waals surface area contributed by atoms with Gasteiger partial charge in [0.1, 0.15) is 12.4 Å². The van der Waals surface area contributed by atoms with E-state index in [0.29, 0.717) is 34.4 Å². The molecule has 0 saturated carbocycles. The summed E-state index contributed by atoms with van der Waals surface area (Å²) >= 11 is 0. The molecule has 0 spiro atoms. The van der Waals surface area contributed by atoms with Crippen LogP contribution in [0.4, 0.5) is 0 Å². The zero-order chi connectivity index (χ0) is 22.2. The van der Waals surface area contributed by atoms with Crippen molar-refractivity contribution in [2.75, 3.05) is 14.1 Å². The summed E-state index contributed by atoms with van der Waals surface area (Å²) in [6.45, 7) is 2.03. The van der Waals surface area contributed by atoms with E-state index in [4.69, 9.17) is 9.26 Å². The molecule has 0 aromatic carbocycles. The molecule has 0 saturated heterocycles. The van der Waals surface area contributed by atoms with Gasteiger partial charge in [-0.1, -0.05) is 23.4 Å². The third-order valence-electron chi connectivity index (χ3n) is 5.27. The molecule has 5 rings (SSSR count). The van der Waals surface area contributed by atoms with E-state index < -0.39 is 0 Å².